The van der Waals surface area contributed by atoms with Gasteiger partial charge in [-0.3, -0.25) is 0 Å². The van der Waals surface area contributed by atoms with Gasteiger partial charge in [0, 0.05) is 12.1 Å². The average molecular weight is 170 g/mol. The van der Waals surface area contributed by atoms with Crippen LogP contribution in [-0.2, 0) is 0 Å². The van der Waals surface area contributed by atoms with Crippen LogP contribution in [0.1, 0.15) is 27.7 Å². The van der Waals surface area contributed by atoms with E-state index >= 15 is 0 Å². The summed E-state index contributed by atoms with van der Waals surface area (Å²) in [6.07, 6.45) is 0. The van der Waals surface area contributed by atoms with E-state index in [4.69, 9.17) is 11.5 Å². The summed E-state index contributed by atoms with van der Waals surface area (Å²) in [5, 5.41) is 0. The van der Waals surface area contributed by atoms with Crippen molar-refractivity contribution in [1.29, 1.82) is 0 Å². The second-order valence-electron chi connectivity index (χ2n) is 4.59. The molecule has 0 aromatic carbocycles. The van der Waals surface area contributed by atoms with Gasteiger partial charge in [0.25, 0.3) is 0 Å². The molecule has 0 heterocycles. The molecule has 0 saturated heterocycles. The van der Waals surface area contributed by atoms with E-state index in [2.05, 4.69) is 27.7 Å². The molecule has 1 aliphatic carbocycles. The van der Waals surface area contributed by atoms with Gasteiger partial charge in [-0.05, 0) is 23.7 Å². The van der Waals surface area contributed by atoms with Gasteiger partial charge in [-0.2, -0.15) is 0 Å². The fraction of sp³-hybridized carbons (Fsp3) is 1.00. The summed E-state index contributed by atoms with van der Waals surface area (Å²) >= 11 is 0. The zero-order chi connectivity index (χ0) is 9.46. The van der Waals surface area contributed by atoms with Crippen molar-refractivity contribution in [2.45, 2.75) is 39.8 Å². The number of hydrogen-bond donors (Lipinski definition) is 2. The first kappa shape index (κ1) is 10.0. The van der Waals surface area contributed by atoms with Crippen LogP contribution in [0.5, 0.6) is 0 Å². The van der Waals surface area contributed by atoms with Crippen LogP contribution in [-0.4, -0.2) is 12.1 Å². The molecule has 72 valence electrons. The Morgan fingerprint density at radius 1 is 0.583 bits per heavy atom. The largest absolute Gasteiger partial charge is 0.327 e. The van der Waals surface area contributed by atoms with E-state index in [0.717, 1.165) is 0 Å². The van der Waals surface area contributed by atoms with Crippen molar-refractivity contribution >= 4 is 0 Å². The lowest BCUT2D eigenvalue weighted by molar-refractivity contribution is 0.0967. The average Bonchev–Trinajstić information content (AvgIpc) is 2.08. The van der Waals surface area contributed by atoms with Crippen molar-refractivity contribution in [3.63, 3.8) is 0 Å². The molecule has 1 aliphatic rings. The molecule has 12 heavy (non-hydrogen) atoms. The van der Waals surface area contributed by atoms with Crippen LogP contribution in [0.25, 0.3) is 0 Å². The molecule has 0 bridgehead atoms. The third-order valence-electron chi connectivity index (χ3n) is 4.09. The van der Waals surface area contributed by atoms with Gasteiger partial charge >= 0.3 is 0 Å². The second kappa shape index (κ2) is 3.35. The number of rotatable bonds is 0. The van der Waals surface area contributed by atoms with Crippen molar-refractivity contribution < 1.29 is 0 Å². The first-order valence-corrected chi connectivity index (χ1v) is 4.98. The second-order valence-corrected chi connectivity index (χ2v) is 4.59. The molecule has 4 atom stereocenters. The maximum Gasteiger partial charge on any atom is 0.0108 e. The fourth-order valence-electron chi connectivity index (χ4n) is 2.39. The predicted molar refractivity (Wildman–Crippen MR) is 52.6 cm³/mol. The smallest absolute Gasteiger partial charge is 0.0108 e. The van der Waals surface area contributed by atoms with Crippen LogP contribution >= 0.6 is 0 Å². The van der Waals surface area contributed by atoms with Gasteiger partial charge in [-0.1, -0.05) is 27.7 Å². The zero-order valence-electron chi connectivity index (χ0n) is 8.62. The van der Waals surface area contributed by atoms with Crippen molar-refractivity contribution in [2.24, 2.45) is 35.1 Å². The molecule has 1 saturated carbocycles. The Bertz CT molecular complexity index is 99.4. The van der Waals surface area contributed by atoms with Gasteiger partial charge in [-0.15, -0.1) is 0 Å². The van der Waals surface area contributed by atoms with E-state index in [9.17, 15) is 0 Å². The van der Waals surface area contributed by atoms with E-state index in [0.29, 0.717) is 23.7 Å². The summed E-state index contributed by atoms with van der Waals surface area (Å²) < 4.78 is 0. The van der Waals surface area contributed by atoms with Crippen LogP contribution in [0, 0.1) is 23.7 Å². The molecule has 1 rings (SSSR count). The Morgan fingerprint density at radius 3 is 1.25 bits per heavy atom. The van der Waals surface area contributed by atoms with Crippen LogP contribution in [0.3, 0.4) is 0 Å². The predicted octanol–water partition coefficient (Wildman–Crippen LogP) is 1.20. The lowest BCUT2D eigenvalue weighted by atomic mass is 9.65. The van der Waals surface area contributed by atoms with Crippen molar-refractivity contribution in [3.8, 4) is 0 Å². The van der Waals surface area contributed by atoms with Gasteiger partial charge in [-0.25, -0.2) is 0 Å². The topological polar surface area (TPSA) is 52.0 Å². The quantitative estimate of drug-likeness (QED) is 0.574. The third-order valence-corrected chi connectivity index (χ3v) is 4.09. The first-order valence-electron chi connectivity index (χ1n) is 4.98. The highest BCUT2D eigenvalue weighted by atomic mass is 14.8. The van der Waals surface area contributed by atoms with E-state index in [1.807, 2.05) is 0 Å². The molecule has 0 aliphatic heterocycles. The highest BCUT2D eigenvalue weighted by molar-refractivity contribution is 4.94. The first-order chi connectivity index (χ1) is 5.46. The minimum Gasteiger partial charge on any atom is -0.327 e. The Morgan fingerprint density at radius 2 is 0.917 bits per heavy atom. The van der Waals surface area contributed by atoms with Crippen molar-refractivity contribution in [1.82, 2.24) is 0 Å². The molecule has 2 nitrogen and oxygen atoms in total. The zero-order valence-corrected chi connectivity index (χ0v) is 8.62. The van der Waals surface area contributed by atoms with Gasteiger partial charge in [0.2, 0.25) is 0 Å². The van der Waals surface area contributed by atoms with Crippen molar-refractivity contribution in [2.75, 3.05) is 0 Å². The maximum atomic E-state index is 6.08. The minimum atomic E-state index is 0.284. The normalized spacial score (nSPS) is 55.5. The molecule has 4 unspecified atom stereocenters. The van der Waals surface area contributed by atoms with E-state index in [-0.39, 0.29) is 12.1 Å². The van der Waals surface area contributed by atoms with Gasteiger partial charge in [0.1, 0.15) is 0 Å². The summed E-state index contributed by atoms with van der Waals surface area (Å²) in [7, 11) is 0. The SMILES string of the molecule is CC1C(C)C(N)C(C)C(N)C1C. The lowest BCUT2D eigenvalue weighted by Gasteiger charge is -2.45. The Kier molecular flexibility index (Phi) is 2.79. The lowest BCUT2D eigenvalue weighted by Crippen LogP contribution is -2.56. The van der Waals surface area contributed by atoms with Gasteiger partial charge in [0.05, 0.1) is 0 Å². The minimum absolute atomic E-state index is 0.284. The Hall–Kier alpha value is -0.0800. The molecular formula is C10H22N2. The third kappa shape index (κ3) is 1.38. The molecule has 0 aromatic heterocycles. The van der Waals surface area contributed by atoms with Crippen LogP contribution in [0.4, 0.5) is 0 Å². The van der Waals surface area contributed by atoms with Gasteiger partial charge in [0.15, 0.2) is 0 Å². The van der Waals surface area contributed by atoms with Crippen molar-refractivity contribution in [3.05, 3.63) is 0 Å². The van der Waals surface area contributed by atoms with E-state index in [1.54, 1.807) is 0 Å². The highest BCUT2D eigenvalue weighted by Gasteiger charge is 2.39. The molecule has 0 radical (unpaired) electrons. The van der Waals surface area contributed by atoms with E-state index in [1.165, 1.54) is 0 Å². The number of hydrogen-bond acceptors (Lipinski definition) is 2. The molecule has 0 aromatic rings. The molecule has 0 spiro atoms. The van der Waals surface area contributed by atoms with Crippen LogP contribution in [0.2, 0.25) is 0 Å². The molecule has 1 fully saturated rings. The Balaban J connectivity index is 2.76. The monoisotopic (exact) mass is 170 g/mol. The summed E-state index contributed by atoms with van der Waals surface area (Å²) in [5.41, 5.74) is 12.2. The molecule has 4 N–H and O–H groups in total. The highest BCUT2D eigenvalue weighted by Crippen LogP contribution is 2.35. The molecular weight excluding hydrogens is 148 g/mol. The standard InChI is InChI=1S/C10H22N2/c1-5-6(2)9(11)8(4)10(12)7(5)3/h5-10H,11-12H2,1-4H3. The summed E-state index contributed by atoms with van der Waals surface area (Å²) in [6.45, 7) is 8.93. The molecule has 0 amide bonds. The molecule has 2 heteroatoms. The Labute approximate surface area is 75.7 Å². The summed E-state index contributed by atoms with van der Waals surface area (Å²) in [4.78, 5) is 0. The van der Waals surface area contributed by atoms with E-state index < -0.39 is 0 Å². The summed E-state index contributed by atoms with van der Waals surface area (Å²) in [6, 6.07) is 0.567. The number of nitrogens with two attached hydrogens (primary N) is 2. The summed E-state index contributed by atoms with van der Waals surface area (Å²) in [5.74, 6) is 2.34. The van der Waals surface area contributed by atoms with Crippen LogP contribution in [0.15, 0.2) is 0 Å². The fourth-order valence-corrected chi connectivity index (χ4v) is 2.39. The van der Waals surface area contributed by atoms with Crippen LogP contribution < -0.4 is 11.5 Å². The maximum absolute atomic E-state index is 6.08. The van der Waals surface area contributed by atoms with Gasteiger partial charge < -0.3 is 11.5 Å².